The zero-order valence-electron chi connectivity index (χ0n) is 16.6. The van der Waals surface area contributed by atoms with Crippen molar-refractivity contribution in [1.82, 2.24) is 4.90 Å². The number of hydrogen-bond acceptors (Lipinski definition) is 4. The van der Waals surface area contributed by atoms with Gasteiger partial charge in [-0.1, -0.05) is 36.4 Å². The van der Waals surface area contributed by atoms with E-state index in [9.17, 15) is 9.59 Å². The Kier molecular flexibility index (Phi) is 5.94. The highest BCUT2D eigenvalue weighted by molar-refractivity contribution is 6.39. The second-order valence-corrected chi connectivity index (χ2v) is 7.14. The molecule has 0 unspecified atom stereocenters. The number of rotatable bonds is 4. The van der Waals surface area contributed by atoms with Gasteiger partial charge in [0.05, 0.1) is 0 Å². The van der Waals surface area contributed by atoms with Crippen molar-refractivity contribution in [2.24, 2.45) is 0 Å². The predicted molar refractivity (Wildman–Crippen MR) is 120 cm³/mol. The van der Waals surface area contributed by atoms with Crippen LogP contribution in [0.2, 0.25) is 0 Å². The molecule has 1 heterocycles. The molecule has 1 fully saturated rings. The summed E-state index contributed by atoms with van der Waals surface area (Å²) in [5, 5.41) is 5.99. The standard InChI is InChI=1S/C24H24N4O2/c29-23(24(30)28-17-15-27(16-18-28)22-9-5-2-6-10-22)26-21-13-11-20(12-14-21)25-19-7-3-1-4-8-19/h1-14,25H,15-18H2,(H,26,29). The van der Waals surface area contributed by atoms with Crippen LogP contribution in [0.3, 0.4) is 0 Å². The minimum absolute atomic E-state index is 0.491. The van der Waals surface area contributed by atoms with Crippen LogP contribution in [0.15, 0.2) is 84.9 Å². The molecule has 3 aromatic rings. The van der Waals surface area contributed by atoms with E-state index >= 15 is 0 Å². The normalized spacial score (nSPS) is 13.6. The zero-order valence-corrected chi connectivity index (χ0v) is 16.6. The monoisotopic (exact) mass is 400 g/mol. The second-order valence-electron chi connectivity index (χ2n) is 7.14. The Morgan fingerprint density at radius 3 is 1.80 bits per heavy atom. The van der Waals surface area contributed by atoms with Gasteiger partial charge in [0, 0.05) is 48.9 Å². The largest absolute Gasteiger partial charge is 0.368 e. The Hall–Kier alpha value is -3.80. The molecule has 0 bridgehead atoms. The molecule has 3 aromatic carbocycles. The van der Waals surface area contributed by atoms with Crippen molar-refractivity contribution < 1.29 is 9.59 Å². The van der Waals surface area contributed by atoms with E-state index in [1.165, 1.54) is 0 Å². The zero-order chi connectivity index (χ0) is 20.8. The Balaban J connectivity index is 1.29. The number of carbonyl (C=O) groups is 2. The number of anilines is 4. The maximum absolute atomic E-state index is 12.5. The van der Waals surface area contributed by atoms with Crippen LogP contribution in [-0.4, -0.2) is 42.9 Å². The summed E-state index contributed by atoms with van der Waals surface area (Å²) in [6.07, 6.45) is 0. The summed E-state index contributed by atoms with van der Waals surface area (Å²) in [6, 6.07) is 27.2. The highest BCUT2D eigenvalue weighted by atomic mass is 16.2. The van der Waals surface area contributed by atoms with Crippen molar-refractivity contribution in [2.75, 3.05) is 41.7 Å². The molecule has 0 spiro atoms. The van der Waals surface area contributed by atoms with E-state index in [1.807, 2.05) is 60.7 Å². The first-order valence-corrected chi connectivity index (χ1v) is 10.0. The third-order valence-corrected chi connectivity index (χ3v) is 5.09. The Labute approximate surface area is 176 Å². The summed E-state index contributed by atoms with van der Waals surface area (Å²) in [6.45, 7) is 2.48. The summed E-state index contributed by atoms with van der Waals surface area (Å²) in [7, 11) is 0. The minimum atomic E-state index is -0.605. The summed E-state index contributed by atoms with van der Waals surface area (Å²) in [5.74, 6) is -1.10. The fourth-order valence-corrected chi connectivity index (χ4v) is 3.46. The van der Waals surface area contributed by atoms with Crippen molar-refractivity contribution in [3.63, 3.8) is 0 Å². The molecule has 1 aliphatic rings. The number of nitrogens with zero attached hydrogens (tertiary/aromatic N) is 2. The lowest BCUT2D eigenvalue weighted by Gasteiger charge is -2.35. The van der Waals surface area contributed by atoms with Crippen LogP contribution in [0.25, 0.3) is 0 Å². The van der Waals surface area contributed by atoms with E-state index < -0.39 is 11.8 Å². The summed E-state index contributed by atoms with van der Waals surface area (Å²) < 4.78 is 0. The van der Waals surface area contributed by atoms with Gasteiger partial charge in [-0.2, -0.15) is 0 Å². The van der Waals surface area contributed by atoms with Gasteiger partial charge in [0.15, 0.2) is 0 Å². The second kappa shape index (κ2) is 9.13. The van der Waals surface area contributed by atoms with Gasteiger partial charge >= 0.3 is 11.8 Å². The highest BCUT2D eigenvalue weighted by Gasteiger charge is 2.26. The number of para-hydroxylation sites is 2. The van der Waals surface area contributed by atoms with Gasteiger partial charge in [-0.3, -0.25) is 9.59 Å². The number of carbonyl (C=O) groups excluding carboxylic acids is 2. The summed E-state index contributed by atoms with van der Waals surface area (Å²) in [4.78, 5) is 28.8. The molecule has 6 nitrogen and oxygen atoms in total. The van der Waals surface area contributed by atoms with E-state index in [4.69, 9.17) is 0 Å². The van der Waals surface area contributed by atoms with Crippen molar-refractivity contribution in [1.29, 1.82) is 0 Å². The van der Waals surface area contributed by atoms with Crippen LogP contribution in [0.1, 0.15) is 0 Å². The summed E-state index contributed by atoms with van der Waals surface area (Å²) >= 11 is 0. The molecule has 1 aliphatic heterocycles. The van der Waals surface area contributed by atoms with Crippen LogP contribution in [0.4, 0.5) is 22.7 Å². The SMILES string of the molecule is O=C(Nc1ccc(Nc2ccccc2)cc1)C(=O)N1CCN(c2ccccc2)CC1. The lowest BCUT2D eigenvalue weighted by Crippen LogP contribution is -2.51. The first-order valence-electron chi connectivity index (χ1n) is 10.0. The summed E-state index contributed by atoms with van der Waals surface area (Å²) in [5.41, 5.74) is 3.62. The fourth-order valence-electron chi connectivity index (χ4n) is 3.46. The topological polar surface area (TPSA) is 64.7 Å². The average molecular weight is 400 g/mol. The smallest absolute Gasteiger partial charge is 0.313 e. The molecule has 6 heteroatoms. The van der Waals surface area contributed by atoms with Gasteiger partial charge in [-0.15, -0.1) is 0 Å². The lowest BCUT2D eigenvalue weighted by atomic mass is 10.2. The molecule has 2 N–H and O–H groups in total. The lowest BCUT2D eigenvalue weighted by molar-refractivity contribution is -0.143. The molecule has 0 radical (unpaired) electrons. The Morgan fingerprint density at radius 1 is 0.633 bits per heavy atom. The van der Waals surface area contributed by atoms with E-state index in [-0.39, 0.29) is 0 Å². The fraction of sp³-hybridized carbons (Fsp3) is 0.167. The third kappa shape index (κ3) is 4.78. The van der Waals surface area contributed by atoms with Gasteiger partial charge < -0.3 is 20.4 Å². The molecular weight excluding hydrogens is 376 g/mol. The first kappa shape index (κ1) is 19.5. The van der Waals surface area contributed by atoms with Crippen LogP contribution in [-0.2, 0) is 9.59 Å². The molecule has 1 saturated heterocycles. The number of piperazine rings is 1. The van der Waals surface area contributed by atoms with E-state index in [1.54, 1.807) is 17.0 Å². The number of benzene rings is 3. The molecule has 2 amide bonds. The predicted octanol–water partition coefficient (Wildman–Crippen LogP) is 3.72. The van der Waals surface area contributed by atoms with Gasteiger partial charge in [0.1, 0.15) is 0 Å². The maximum Gasteiger partial charge on any atom is 0.313 e. The van der Waals surface area contributed by atoms with Crippen molar-refractivity contribution >= 4 is 34.6 Å². The first-order chi connectivity index (χ1) is 14.7. The molecule has 0 aromatic heterocycles. The molecule has 30 heavy (non-hydrogen) atoms. The molecule has 0 saturated carbocycles. The number of amides is 2. The van der Waals surface area contributed by atoms with Crippen LogP contribution < -0.4 is 15.5 Å². The van der Waals surface area contributed by atoms with Gasteiger partial charge in [-0.05, 0) is 48.5 Å². The maximum atomic E-state index is 12.5. The molecule has 4 rings (SSSR count). The van der Waals surface area contributed by atoms with Gasteiger partial charge in [-0.25, -0.2) is 0 Å². The molecule has 0 atom stereocenters. The highest BCUT2D eigenvalue weighted by Crippen LogP contribution is 2.19. The van der Waals surface area contributed by atoms with E-state index in [2.05, 4.69) is 27.7 Å². The van der Waals surface area contributed by atoms with Gasteiger partial charge in [0.25, 0.3) is 0 Å². The van der Waals surface area contributed by atoms with Crippen LogP contribution in [0.5, 0.6) is 0 Å². The number of hydrogen-bond donors (Lipinski definition) is 2. The van der Waals surface area contributed by atoms with E-state index in [0.29, 0.717) is 31.9 Å². The quantitative estimate of drug-likeness (QED) is 0.655. The van der Waals surface area contributed by atoms with Crippen molar-refractivity contribution in [2.45, 2.75) is 0 Å². The van der Waals surface area contributed by atoms with Gasteiger partial charge in [0.2, 0.25) is 0 Å². The third-order valence-electron chi connectivity index (χ3n) is 5.09. The Bertz CT molecular complexity index is 983. The molecule has 152 valence electrons. The van der Waals surface area contributed by atoms with E-state index in [0.717, 1.165) is 17.1 Å². The number of nitrogens with one attached hydrogen (secondary N) is 2. The van der Waals surface area contributed by atoms with Crippen LogP contribution >= 0.6 is 0 Å². The molecular formula is C24H24N4O2. The average Bonchev–Trinajstić information content (AvgIpc) is 2.81. The van der Waals surface area contributed by atoms with Crippen LogP contribution in [0, 0.1) is 0 Å². The minimum Gasteiger partial charge on any atom is -0.368 e. The Morgan fingerprint density at radius 2 is 1.17 bits per heavy atom. The van der Waals surface area contributed by atoms with Crippen molar-refractivity contribution in [3.05, 3.63) is 84.9 Å². The van der Waals surface area contributed by atoms with Crippen molar-refractivity contribution in [3.8, 4) is 0 Å². The molecule has 0 aliphatic carbocycles.